The SMILES string of the molecule is COC(=O)N[C@@H]1[C@H](N)C[C@H](c2ccncc2Nc2ncc3ccc(-c4c(F)cc(C5(O)COC5)cc4F)nn23)C[C@@H]1C. The van der Waals surface area contributed by atoms with Gasteiger partial charge < -0.3 is 30.9 Å². The predicted octanol–water partition coefficient (Wildman–Crippen LogP) is 3.60. The van der Waals surface area contributed by atoms with Crippen LogP contribution in [0.2, 0.25) is 0 Å². The van der Waals surface area contributed by atoms with Crippen LogP contribution < -0.4 is 16.4 Å². The topological polar surface area (TPSA) is 149 Å². The first-order valence-corrected chi connectivity index (χ1v) is 13.6. The number of rotatable bonds is 6. The Morgan fingerprint density at radius 2 is 1.95 bits per heavy atom. The Labute approximate surface area is 240 Å². The molecule has 1 amide bonds. The molecule has 1 aromatic carbocycles. The lowest BCUT2D eigenvalue weighted by Crippen LogP contribution is -2.54. The van der Waals surface area contributed by atoms with Crippen LogP contribution in [0.1, 0.15) is 36.8 Å². The Morgan fingerprint density at radius 3 is 2.62 bits per heavy atom. The van der Waals surface area contributed by atoms with Crippen molar-refractivity contribution in [2.24, 2.45) is 11.7 Å². The molecule has 0 unspecified atom stereocenters. The minimum absolute atomic E-state index is 0.0213. The summed E-state index contributed by atoms with van der Waals surface area (Å²) in [5.74, 6) is -1.20. The van der Waals surface area contributed by atoms with E-state index in [0.29, 0.717) is 23.6 Å². The summed E-state index contributed by atoms with van der Waals surface area (Å²) in [5.41, 5.74) is 7.22. The smallest absolute Gasteiger partial charge is 0.407 e. The predicted molar refractivity (Wildman–Crippen MR) is 149 cm³/mol. The van der Waals surface area contributed by atoms with E-state index >= 15 is 8.78 Å². The lowest BCUT2D eigenvalue weighted by atomic mass is 9.73. The van der Waals surface area contributed by atoms with Gasteiger partial charge in [-0.05, 0) is 66.1 Å². The summed E-state index contributed by atoms with van der Waals surface area (Å²) in [6.07, 6.45) is 5.86. The molecule has 13 heteroatoms. The molecular formula is C29H31F2N7O4. The molecule has 42 heavy (non-hydrogen) atoms. The molecule has 2 aliphatic rings. The highest BCUT2D eigenvalue weighted by Crippen LogP contribution is 2.39. The third-order valence-electron chi connectivity index (χ3n) is 8.20. The number of aromatic nitrogens is 4. The van der Waals surface area contributed by atoms with Gasteiger partial charge in [-0.2, -0.15) is 9.61 Å². The highest BCUT2D eigenvalue weighted by Gasteiger charge is 2.39. The van der Waals surface area contributed by atoms with Crippen LogP contribution >= 0.6 is 0 Å². The molecule has 1 aliphatic heterocycles. The maximum atomic E-state index is 15.2. The third-order valence-corrected chi connectivity index (χ3v) is 8.20. The Kier molecular flexibility index (Phi) is 7.25. The molecule has 4 atom stereocenters. The number of pyridine rings is 1. The molecule has 0 spiro atoms. The molecule has 0 bridgehead atoms. The summed E-state index contributed by atoms with van der Waals surface area (Å²) < 4.78 is 41.6. The summed E-state index contributed by atoms with van der Waals surface area (Å²) in [5, 5.41) is 21.1. The van der Waals surface area contributed by atoms with Gasteiger partial charge in [-0.3, -0.25) is 4.98 Å². The number of methoxy groups -OCH3 is 1. The van der Waals surface area contributed by atoms with Crippen LogP contribution in [0.5, 0.6) is 0 Å². The second-order valence-corrected chi connectivity index (χ2v) is 11.0. The molecule has 4 heterocycles. The Balaban J connectivity index is 1.28. The van der Waals surface area contributed by atoms with Gasteiger partial charge in [-0.1, -0.05) is 6.92 Å². The number of carbonyl (C=O) groups is 1. The van der Waals surface area contributed by atoms with Crippen LogP contribution in [-0.4, -0.2) is 63.2 Å². The first kappa shape index (κ1) is 27.9. The molecule has 5 N–H and O–H groups in total. The van der Waals surface area contributed by atoms with Crippen molar-refractivity contribution in [2.75, 3.05) is 25.6 Å². The van der Waals surface area contributed by atoms with Crippen molar-refractivity contribution < 1.29 is 28.2 Å². The number of nitrogens with one attached hydrogen (secondary N) is 2. The van der Waals surface area contributed by atoms with E-state index in [4.69, 9.17) is 15.2 Å². The van der Waals surface area contributed by atoms with Crippen LogP contribution in [0.4, 0.5) is 25.2 Å². The number of halogens is 2. The highest BCUT2D eigenvalue weighted by atomic mass is 19.1. The van der Waals surface area contributed by atoms with Crippen LogP contribution in [-0.2, 0) is 15.1 Å². The molecular weight excluding hydrogens is 548 g/mol. The third kappa shape index (κ3) is 5.03. The normalized spacial score (nSPS) is 23.3. The standard InChI is InChI=1S/C29H31F2N7O4/c1-15-7-16(8-22(32)26(15)36-28(39)41-2)19-5-6-33-12-24(19)35-27-34-11-18-3-4-23(37-38(18)27)25-20(30)9-17(10-21(25)31)29(40)13-42-14-29/h3-6,9-12,15-16,22,26,40H,7-8,13-14,32H2,1-2H3,(H,34,35)(H,36,39)/t15-,16+,22+,26-/m0/s1. The van der Waals surface area contributed by atoms with E-state index in [1.54, 1.807) is 24.7 Å². The van der Waals surface area contributed by atoms with Crippen LogP contribution in [0.15, 0.2) is 48.9 Å². The van der Waals surface area contributed by atoms with Gasteiger partial charge in [0.2, 0.25) is 5.95 Å². The molecule has 220 valence electrons. The van der Waals surface area contributed by atoms with Crippen molar-refractivity contribution in [2.45, 2.75) is 43.4 Å². The fourth-order valence-electron chi connectivity index (χ4n) is 5.92. The number of hydrogen-bond acceptors (Lipinski definition) is 9. The monoisotopic (exact) mass is 579 g/mol. The number of nitrogens with two attached hydrogens (primary N) is 1. The molecule has 11 nitrogen and oxygen atoms in total. The first-order valence-electron chi connectivity index (χ1n) is 13.6. The Hall–Kier alpha value is -4.20. The fraction of sp³-hybridized carbons (Fsp3) is 0.379. The minimum atomic E-state index is -1.40. The number of hydrogen-bond donors (Lipinski definition) is 4. The van der Waals surface area contributed by atoms with Gasteiger partial charge >= 0.3 is 6.09 Å². The van der Waals surface area contributed by atoms with Crippen molar-refractivity contribution in [1.82, 2.24) is 24.9 Å². The van der Waals surface area contributed by atoms with E-state index < -0.39 is 23.3 Å². The maximum Gasteiger partial charge on any atom is 0.407 e. The van der Waals surface area contributed by atoms with Gasteiger partial charge in [-0.15, -0.1) is 0 Å². The van der Waals surface area contributed by atoms with Gasteiger partial charge in [0.1, 0.15) is 17.2 Å². The molecule has 0 radical (unpaired) electrons. The van der Waals surface area contributed by atoms with Gasteiger partial charge in [0, 0.05) is 18.3 Å². The average molecular weight is 580 g/mol. The van der Waals surface area contributed by atoms with Crippen LogP contribution in [0.3, 0.4) is 0 Å². The van der Waals surface area contributed by atoms with Gasteiger partial charge in [0.25, 0.3) is 0 Å². The van der Waals surface area contributed by atoms with E-state index in [-0.39, 0.29) is 54.0 Å². The quantitative estimate of drug-likeness (QED) is 0.269. The number of amides is 1. The number of alkyl carbamates (subject to hydrolysis) is 1. The largest absolute Gasteiger partial charge is 0.453 e. The zero-order valence-electron chi connectivity index (χ0n) is 23.1. The lowest BCUT2D eigenvalue weighted by Gasteiger charge is -2.39. The summed E-state index contributed by atoms with van der Waals surface area (Å²) >= 11 is 0. The van der Waals surface area contributed by atoms with Crippen molar-refractivity contribution in [3.05, 3.63) is 71.7 Å². The van der Waals surface area contributed by atoms with E-state index in [2.05, 4.69) is 25.7 Å². The molecule has 2 fully saturated rings. The van der Waals surface area contributed by atoms with Crippen molar-refractivity contribution >= 4 is 23.2 Å². The Bertz CT molecular complexity index is 1610. The Morgan fingerprint density at radius 1 is 1.19 bits per heavy atom. The molecule has 1 aliphatic carbocycles. The number of fused-ring (bicyclic) bond motifs is 1. The molecule has 1 saturated carbocycles. The summed E-state index contributed by atoms with van der Waals surface area (Å²) in [6.45, 7) is 2.00. The van der Waals surface area contributed by atoms with E-state index in [0.717, 1.165) is 24.1 Å². The molecule has 1 saturated heterocycles. The maximum absolute atomic E-state index is 15.2. The highest BCUT2D eigenvalue weighted by molar-refractivity contribution is 5.68. The lowest BCUT2D eigenvalue weighted by molar-refractivity contribution is -0.184. The molecule has 3 aromatic heterocycles. The van der Waals surface area contributed by atoms with Crippen molar-refractivity contribution in [1.29, 1.82) is 0 Å². The number of anilines is 2. The van der Waals surface area contributed by atoms with Crippen molar-refractivity contribution in [3.63, 3.8) is 0 Å². The molecule has 4 aromatic rings. The second-order valence-electron chi connectivity index (χ2n) is 11.0. The van der Waals surface area contributed by atoms with Crippen LogP contribution in [0.25, 0.3) is 16.8 Å². The molecule has 6 rings (SSSR count). The number of nitrogens with zero attached hydrogens (tertiary/aromatic N) is 4. The van der Waals surface area contributed by atoms with Crippen molar-refractivity contribution in [3.8, 4) is 11.3 Å². The zero-order chi connectivity index (χ0) is 29.6. The zero-order valence-corrected chi connectivity index (χ0v) is 23.1. The van der Waals surface area contributed by atoms with Gasteiger partial charge in [0.15, 0.2) is 0 Å². The average Bonchev–Trinajstić information content (AvgIpc) is 3.35. The minimum Gasteiger partial charge on any atom is -0.453 e. The summed E-state index contributed by atoms with van der Waals surface area (Å²) in [4.78, 5) is 20.5. The van der Waals surface area contributed by atoms with E-state index in [1.165, 1.54) is 17.7 Å². The fourth-order valence-corrected chi connectivity index (χ4v) is 5.92. The van der Waals surface area contributed by atoms with Gasteiger partial charge in [-0.25, -0.2) is 18.6 Å². The summed E-state index contributed by atoms with van der Waals surface area (Å²) in [6, 6.07) is 6.83. The number of imidazole rings is 1. The first-order chi connectivity index (χ1) is 20.2. The van der Waals surface area contributed by atoms with E-state index in [1.807, 2.05) is 13.0 Å². The van der Waals surface area contributed by atoms with Crippen LogP contribution in [0, 0.1) is 17.6 Å². The number of aliphatic hydroxyl groups is 1. The van der Waals surface area contributed by atoms with E-state index in [9.17, 15) is 9.90 Å². The number of benzene rings is 1. The summed E-state index contributed by atoms with van der Waals surface area (Å²) in [7, 11) is 1.32. The number of carbonyl (C=O) groups excluding carboxylic acids is 1. The van der Waals surface area contributed by atoms with Gasteiger partial charge in [0.05, 0.1) is 55.2 Å². The number of ether oxygens (including phenoxy) is 2. The second kappa shape index (κ2) is 10.9.